The molecule has 0 aliphatic heterocycles. The molecular formula is C9H6Cl2F3NO. The Kier molecular flexibility index (Phi) is 4.04. The molecule has 0 heterocycles. The maximum atomic E-state index is 12.1. The quantitative estimate of drug-likeness (QED) is 0.771. The molecule has 0 fully saturated rings. The molecule has 0 radical (unpaired) electrons. The number of halogens is 5. The highest BCUT2D eigenvalue weighted by atomic mass is 35.5. The molecule has 0 bridgehead atoms. The van der Waals surface area contributed by atoms with Gasteiger partial charge in [0.25, 0.3) is 0 Å². The third-order valence-corrected chi connectivity index (χ3v) is 2.09. The Morgan fingerprint density at radius 2 is 1.69 bits per heavy atom. The minimum atomic E-state index is -4.48. The van der Waals surface area contributed by atoms with Crippen LogP contribution in [-0.4, -0.2) is 19.1 Å². The van der Waals surface area contributed by atoms with Crippen molar-refractivity contribution in [3.8, 4) is 0 Å². The molecule has 1 rings (SSSR count). The fourth-order valence-corrected chi connectivity index (χ4v) is 1.60. The van der Waals surface area contributed by atoms with Gasteiger partial charge in [0.15, 0.2) is 0 Å². The van der Waals surface area contributed by atoms with E-state index in [2.05, 4.69) is 0 Å². The van der Waals surface area contributed by atoms with Gasteiger partial charge in [-0.2, -0.15) is 13.2 Å². The van der Waals surface area contributed by atoms with E-state index in [0.29, 0.717) is 4.90 Å². The van der Waals surface area contributed by atoms with Gasteiger partial charge in [0.1, 0.15) is 6.54 Å². The molecule has 0 atom stereocenters. The Hall–Kier alpha value is -0.940. The van der Waals surface area contributed by atoms with Crippen molar-refractivity contribution in [1.82, 2.24) is 0 Å². The van der Waals surface area contributed by atoms with E-state index >= 15 is 0 Å². The number of anilines is 1. The second kappa shape index (κ2) is 4.93. The van der Waals surface area contributed by atoms with Crippen LogP contribution in [0.5, 0.6) is 0 Å². The van der Waals surface area contributed by atoms with E-state index in [0.717, 1.165) is 0 Å². The highest BCUT2D eigenvalue weighted by Gasteiger charge is 2.31. The molecule has 0 unspecified atom stereocenters. The first-order valence-electron chi connectivity index (χ1n) is 4.06. The Morgan fingerprint density at radius 1 is 1.19 bits per heavy atom. The highest BCUT2D eigenvalue weighted by molar-refractivity contribution is 6.35. The summed E-state index contributed by atoms with van der Waals surface area (Å²) in [6.07, 6.45) is -4.40. The van der Waals surface area contributed by atoms with Crippen molar-refractivity contribution in [3.63, 3.8) is 0 Å². The summed E-state index contributed by atoms with van der Waals surface area (Å²) >= 11 is 11.2. The summed E-state index contributed by atoms with van der Waals surface area (Å²) in [5, 5.41) is 0.327. The van der Waals surface area contributed by atoms with Crippen LogP contribution in [0.25, 0.3) is 0 Å². The van der Waals surface area contributed by atoms with Gasteiger partial charge in [-0.15, -0.1) is 0 Å². The van der Waals surface area contributed by atoms with Gasteiger partial charge in [0.2, 0.25) is 6.41 Å². The number of carbonyl (C=O) groups excluding carboxylic acids is 1. The predicted molar refractivity (Wildman–Crippen MR) is 55.9 cm³/mol. The minimum Gasteiger partial charge on any atom is -0.306 e. The van der Waals surface area contributed by atoms with Crippen LogP contribution in [0.1, 0.15) is 0 Å². The summed E-state index contributed by atoms with van der Waals surface area (Å²) in [5.41, 5.74) is 0.00447. The van der Waals surface area contributed by atoms with Crippen molar-refractivity contribution in [2.24, 2.45) is 0 Å². The first-order valence-corrected chi connectivity index (χ1v) is 4.82. The van der Waals surface area contributed by atoms with Gasteiger partial charge in [-0.05, 0) is 18.2 Å². The molecule has 88 valence electrons. The second-order valence-electron chi connectivity index (χ2n) is 2.98. The molecule has 0 spiro atoms. The SMILES string of the molecule is O=CN(CC(F)(F)F)c1cc(Cl)cc(Cl)c1. The number of benzene rings is 1. The summed E-state index contributed by atoms with van der Waals surface area (Å²) in [7, 11) is 0. The van der Waals surface area contributed by atoms with E-state index < -0.39 is 12.7 Å². The van der Waals surface area contributed by atoms with Crippen molar-refractivity contribution in [2.45, 2.75) is 6.18 Å². The van der Waals surface area contributed by atoms with Crippen molar-refractivity contribution >= 4 is 35.3 Å². The van der Waals surface area contributed by atoms with Crippen molar-refractivity contribution in [1.29, 1.82) is 0 Å². The van der Waals surface area contributed by atoms with Gasteiger partial charge >= 0.3 is 6.18 Å². The van der Waals surface area contributed by atoms with Gasteiger partial charge in [-0.3, -0.25) is 4.79 Å². The molecule has 0 saturated heterocycles. The number of hydrogen-bond donors (Lipinski definition) is 0. The van der Waals surface area contributed by atoms with Crippen LogP contribution >= 0.6 is 23.2 Å². The molecule has 16 heavy (non-hydrogen) atoms. The fraction of sp³-hybridized carbons (Fsp3) is 0.222. The van der Waals surface area contributed by atoms with Gasteiger partial charge in [-0.1, -0.05) is 23.2 Å². The molecule has 1 aromatic carbocycles. The van der Waals surface area contributed by atoms with Crippen LogP contribution in [0.4, 0.5) is 18.9 Å². The van der Waals surface area contributed by atoms with E-state index in [-0.39, 0.29) is 22.1 Å². The van der Waals surface area contributed by atoms with Crippen molar-refractivity contribution in [2.75, 3.05) is 11.4 Å². The summed E-state index contributed by atoms with van der Waals surface area (Å²) in [4.78, 5) is 11.0. The zero-order chi connectivity index (χ0) is 12.3. The minimum absolute atomic E-state index is 0.00447. The molecular weight excluding hydrogens is 266 g/mol. The van der Waals surface area contributed by atoms with Gasteiger partial charge < -0.3 is 4.90 Å². The zero-order valence-electron chi connectivity index (χ0n) is 7.76. The number of hydrogen-bond acceptors (Lipinski definition) is 1. The lowest BCUT2D eigenvalue weighted by molar-refractivity contribution is -0.126. The molecule has 0 aliphatic rings. The molecule has 0 aromatic heterocycles. The largest absolute Gasteiger partial charge is 0.406 e. The van der Waals surface area contributed by atoms with Gasteiger partial charge in [-0.25, -0.2) is 0 Å². The lowest BCUT2D eigenvalue weighted by Gasteiger charge is -2.19. The van der Waals surface area contributed by atoms with Crippen LogP contribution in [0.15, 0.2) is 18.2 Å². The molecule has 0 N–H and O–H groups in total. The van der Waals surface area contributed by atoms with E-state index in [1.807, 2.05) is 0 Å². The van der Waals surface area contributed by atoms with Crippen LogP contribution in [0, 0.1) is 0 Å². The Balaban J connectivity index is 2.99. The topological polar surface area (TPSA) is 20.3 Å². The van der Waals surface area contributed by atoms with Crippen molar-refractivity contribution in [3.05, 3.63) is 28.2 Å². The Bertz CT molecular complexity index is 375. The van der Waals surface area contributed by atoms with E-state index in [4.69, 9.17) is 23.2 Å². The summed E-state index contributed by atoms with van der Waals surface area (Å²) in [6, 6.07) is 3.82. The van der Waals surface area contributed by atoms with E-state index in [9.17, 15) is 18.0 Å². The first kappa shape index (κ1) is 13.1. The number of rotatable bonds is 3. The van der Waals surface area contributed by atoms with Crippen molar-refractivity contribution < 1.29 is 18.0 Å². The molecule has 7 heteroatoms. The number of alkyl halides is 3. The van der Waals surface area contributed by atoms with Crippen LogP contribution in [-0.2, 0) is 4.79 Å². The number of carbonyl (C=O) groups is 1. The lowest BCUT2D eigenvalue weighted by atomic mass is 10.3. The highest BCUT2D eigenvalue weighted by Crippen LogP contribution is 2.27. The number of amides is 1. The maximum absolute atomic E-state index is 12.1. The summed E-state index contributed by atoms with van der Waals surface area (Å²) in [5.74, 6) is 0. The maximum Gasteiger partial charge on any atom is 0.406 e. The fourth-order valence-electron chi connectivity index (χ4n) is 1.09. The third-order valence-electron chi connectivity index (χ3n) is 1.66. The zero-order valence-corrected chi connectivity index (χ0v) is 9.27. The normalized spacial score (nSPS) is 11.3. The predicted octanol–water partition coefficient (Wildman–Crippen LogP) is 3.52. The third kappa shape index (κ3) is 3.90. The Labute approximate surface area is 99.6 Å². The molecule has 0 aliphatic carbocycles. The molecule has 0 saturated carbocycles. The van der Waals surface area contributed by atoms with Crippen LogP contribution < -0.4 is 4.90 Å². The number of nitrogens with zero attached hydrogens (tertiary/aromatic N) is 1. The summed E-state index contributed by atoms with van der Waals surface area (Å²) < 4.78 is 36.3. The van der Waals surface area contributed by atoms with E-state index in [1.165, 1.54) is 18.2 Å². The Morgan fingerprint density at radius 3 is 2.06 bits per heavy atom. The molecule has 1 amide bonds. The van der Waals surface area contributed by atoms with E-state index in [1.54, 1.807) is 0 Å². The van der Waals surface area contributed by atoms with Crippen LogP contribution in [0.2, 0.25) is 10.0 Å². The average molecular weight is 272 g/mol. The smallest absolute Gasteiger partial charge is 0.306 e. The van der Waals surface area contributed by atoms with Gasteiger partial charge in [0, 0.05) is 15.7 Å². The average Bonchev–Trinajstić information content (AvgIpc) is 2.11. The van der Waals surface area contributed by atoms with Gasteiger partial charge in [0.05, 0.1) is 0 Å². The lowest BCUT2D eigenvalue weighted by Crippen LogP contribution is -2.33. The van der Waals surface area contributed by atoms with Crippen LogP contribution in [0.3, 0.4) is 0 Å². The summed E-state index contributed by atoms with van der Waals surface area (Å²) in [6.45, 7) is -1.38. The molecule has 2 nitrogen and oxygen atoms in total. The monoisotopic (exact) mass is 271 g/mol. The molecule has 1 aromatic rings. The standard InChI is InChI=1S/C9H6Cl2F3NO/c10-6-1-7(11)3-8(2-6)15(5-16)4-9(12,13)14/h1-3,5H,4H2. The first-order chi connectivity index (χ1) is 7.31. The second-order valence-corrected chi connectivity index (χ2v) is 3.85.